The number of hydrogen-bond acceptors (Lipinski definition) is 6. The van der Waals surface area contributed by atoms with Gasteiger partial charge in [-0.3, -0.25) is 19.2 Å². The van der Waals surface area contributed by atoms with Gasteiger partial charge in [0.2, 0.25) is 0 Å². The lowest BCUT2D eigenvalue weighted by molar-refractivity contribution is -0.385. The van der Waals surface area contributed by atoms with Gasteiger partial charge in [-0.15, -0.1) is 11.3 Å². The molecule has 3 aromatic rings. The average Bonchev–Trinajstić information content (AvgIpc) is 3.11. The maximum absolute atomic E-state index is 11.9. The first-order chi connectivity index (χ1) is 10.6. The van der Waals surface area contributed by atoms with Crippen molar-refractivity contribution in [3.05, 3.63) is 67.5 Å². The van der Waals surface area contributed by atoms with Crippen molar-refractivity contribution in [2.75, 3.05) is 0 Å². The van der Waals surface area contributed by atoms with Gasteiger partial charge < -0.3 is 0 Å². The Hall–Kier alpha value is -2.74. The Morgan fingerprint density at radius 2 is 2.18 bits per heavy atom. The zero-order valence-corrected chi connectivity index (χ0v) is 12.4. The van der Waals surface area contributed by atoms with Crippen LogP contribution in [0.2, 0.25) is 0 Å². The number of nitro groups is 1. The van der Waals surface area contributed by atoms with Crippen molar-refractivity contribution in [1.82, 2.24) is 9.72 Å². The van der Waals surface area contributed by atoms with E-state index in [9.17, 15) is 14.9 Å². The van der Waals surface area contributed by atoms with Crippen LogP contribution < -0.4 is 5.76 Å². The summed E-state index contributed by atoms with van der Waals surface area (Å²) in [5, 5.41) is 16.7. The SMILES string of the molecule is Cc1c(Cn2c(-c3cccs3)noc2=O)cccc1[N+](=O)[O-]. The first-order valence-corrected chi connectivity index (χ1v) is 7.29. The molecule has 0 saturated heterocycles. The van der Waals surface area contributed by atoms with Crippen molar-refractivity contribution in [2.45, 2.75) is 13.5 Å². The van der Waals surface area contributed by atoms with E-state index >= 15 is 0 Å². The molecule has 1 aromatic carbocycles. The summed E-state index contributed by atoms with van der Waals surface area (Å²) in [6.07, 6.45) is 0. The fourth-order valence-electron chi connectivity index (χ4n) is 2.20. The summed E-state index contributed by atoms with van der Waals surface area (Å²) in [4.78, 5) is 23.2. The van der Waals surface area contributed by atoms with Crippen molar-refractivity contribution < 1.29 is 9.45 Å². The highest BCUT2D eigenvalue weighted by molar-refractivity contribution is 7.13. The summed E-state index contributed by atoms with van der Waals surface area (Å²) in [6, 6.07) is 8.47. The Balaban J connectivity index is 2.05. The molecule has 0 atom stereocenters. The molecule has 22 heavy (non-hydrogen) atoms. The molecule has 0 aliphatic carbocycles. The van der Waals surface area contributed by atoms with Gasteiger partial charge in [0.25, 0.3) is 5.69 Å². The molecule has 0 bridgehead atoms. The number of nitro benzene ring substituents is 1. The monoisotopic (exact) mass is 317 g/mol. The van der Waals surface area contributed by atoms with Crippen LogP contribution in [-0.2, 0) is 6.54 Å². The van der Waals surface area contributed by atoms with Crippen LogP contribution in [0, 0.1) is 17.0 Å². The minimum atomic E-state index is -0.589. The average molecular weight is 317 g/mol. The second-order valence-electron chi connectivity index (χ2n) is 4.65. The van der Waals surface area contributed by atoms with E-state index in [0.29, 0.717) is 17.0 Å². The molecule has 0 unspecified atom stereocenters. The van der Waals surface area contributed by atoms with Crippen LogP contribution in [0.25, 0.3) is 10.7 Å². The van der Waals surface area contributed by atoms with Crippen LogP contribution >= 0.6 is 11.3 Å². The highest BCUT2D eigenvalue weighted by atomic mass is 32.1. The molecule has 0 aliphatic heterocycles. The van der Waals surface area contributed by atoms with E-state index in [2.05, 4.69) is 5.16 Å². The number of thiophene rings is 1. The molecular formula is C14H11N3O4S. The molecule has 3 rings (SSSR count). The minimum Gasteiger partial charge on any atom is -0.295 e. The van der Waals surface area contributed by atoms with Gasteiger partial charge in [0, 0.05) is 11.6 Å². The molecule has 0 radical (unpaired) electrons. The maximum atomic E-state index is 11.9. The zero-order valence-electron chi connectivity index (χ0n) is 11.6. The number of benzene rings is 1. The van der Waals surface area contributed by atoms with Gasteiger partial charge in [-0.1, -0.05) is 23.4 Å². The zero-order chi connectivity index (χ0) is 15.7. The van der Waals surface area contributed by atoms with Gasteiger partial charge >= 0.3 is 5.76 Å². The van der Waals surface area contributed by atoms with Gasteiger partial charge in [0.1, 0.15) is 0 Å². The smallest absolute Gasteiger partial charge is 0.295 e. The van der Waals surface area contributed by atoms with Crippen LogP contribution in [0.3, 0.4) is 0 Å². The van der Waals surface area contributed by atoms with E-state index < -0.39 is 10.7 Å². The Bertz CT molecular complexity index is 880. The fraction of sp³-hybridized carbons (Fsp3) is 0.143. The van der Waals surface area contributed by atoms with Crippen molar-refractivity contribution in [3.8, 4) is 10.7 Å². The molecule has 0 N–H and O–H groups in total. The Kier molecular flexibility index (Phi) is 3.60. The van der Waals surface area contributed by atoms with E-state index in [4.69, 9.17) is 4.52 Å². The fourth-order valence-corrected chi connectivity index (χ4v) is 2.91. The lowest BCUT2D eigenvalue weighted by atomic mass is 10.1. The summed E-state index contributed by atoms with van der Waals surface area (Å²) in [7, 11) is 0. The molecule has 0 amide bonds. The number of hydrogen-bond donors (Lipinski definition) is 0. The minimum absolute atomic E-state index is 0.0275. The molecule has 0 fully saturated rings. The molecule has 0 aliphatic rings. The van der Waals surface area contributed by atoms with E-state index in [1.165, 1.54) is 22.0 Å². The summed E-state index contributed by atoms with van der Waals surface area (Å²) in [5.74, 6) is -0.166. The van der Waals surface area contributed by atoms with Crippen LogP contribution in [0.4, 0.5) is 5.69 Å². The van der Waals surface area contributed by atoms with Crippen LogP contribution in [0.5, 0.6) is 0 Å². The highest BCUT2D eigenvalue weighted by Gasteiger charge is 2.18. The Labute approximate surface area is 128 Å². The van der Waals surface area contributed by atoms with Gasteiger partial charge in [-0.05, 0) is 23.9 Å². The third kappa shape index (κ3) is 2.44. The van der Waals surface area contributed by atoms with Gasteiger partial charge in [0.05, 0.1) is 16.3 Å². The summed E-state index contributed by atoms with van der Waals surface area (Å²) in [5.41, 5.74) is 1.23. The lowest BCUT2D eigenvalue weighted by Crippen LogP contribution is -2.17. The van der Waals surface area contributed by atoms with E-state index in [0.717, 1.165) is 4.88 Å². The third-order valence-electron chi connectivity index (χ3n) is 3.37. The predicted octanol–water partition coefficient (Wildman–Crippen LogP) is 2.83. The molecule has 7 nitrogen and oxygen atoms in total. The first kappa shape index (κ1) is 14.2. The van der Waals surface area contributed by atoms with Gasteiger partial charge in [0.15, 0.2) is 5.82 Å². The molecule has 0 saturated carbocycles. The largest absolute Gasteiger partial charge is 0.442 e. The lowest BCUT2D eigenvalue weighted by Gasteiger charge is -2.07. The Morgan fingerprint density at radius 1 is 1.36 bits per heavy atom. The summed E-state index contributed by atoms with van der Waals surface area (Å²) >= 11 is 1.44. The van der Waals surface area contributed by atoms with E-state index in [-0.39, 0.29) is 12.2 Å². The normalized spacial score (nSPS) is 10.8. The summed E-state index contributed by atoms with van der Waals surface area (Å²) in [6.45, 7) is 1.83. The quantitative estimate of drug-likeness (QED) is 0.545. The second-order valence-corrected chi connectivity index (χ2v) is 5.60. The van der Waals surface area contributed by atoms with Crippen LogP contribution in [0.15, 0.2) is 45.0 Å². The maximum Gasteiger partial charge on any atom is 0.442 e. The van der Waals surface area contributed by atoms with Gasteiger partial charge in [-0.25, -0.2) is 4.79 Å². The van der Waals surface area contributed by atoms with Crippen LogP contribution in [-0.4, -0.2) is 14.6 Å². The van der Waals surface area contributed by atoms with E-state index in [1.54, 1.807) is 19.1 Å². The molecule has 112 valence electrons. The van der Waals surface area contributed by atoms with E-state index in [1.807, 2.05) is 17.5 Å². The molecule has 2 heterocycles. The number of nitrogens with zero attached hydrogens (tertiary/aromatic N) is 3. The highest BCUT2D eigenvalue weighted by Crippen LogP contribution is 2.25. The van der Waals surface area contributed by atoms with Crippen molar-refractivity contribution in [2.24, 2.45) is 0 Å². The topological polar surface area (TPSA) is 91.2 Å². The van der Waals surface area contributed by atoms with Gasteiger partial charge in [-0.2, -0.15) is 0 Å². The first-order valence-electron chi connectivity index (χ1n) is 6.41. The third-order valence-corrected chi connectivity index (χ3v) is 4.24. The molecule has 2 aromatic heterocycles. The van der Waals surface area contributed by atoms with Crippen molar-refractivity contribution in [3.63, 3.8) is 0 Å². The predicted molar refractivity (Wildman–Crippen MR) is 81.0 cm³/mol. The van der Waals surface area contributed by atoms with Crippen molar-refractivity contribution >= 4 is 17.0 Å². The second kappa shape index (κ2) is 5.57. The number of rotatable bonds is 4. The summed E-state index contributed by atoms with van der Waals surface area (Å²) < 4.78 is 6.11. The van der Waals surface area contributed by atoms with Crippen LogP contribution in [0.1, 0.15) is 11.1 Å². The molecule has 0 spiro atoms. The Morgan fingerprint density at radius 3 is 2.86 bits per heavy atom. The standard InChI is InChI=1S/C14H11N3O4S/c1-9-10(4-2-5-11(9)17(19)20)8-16-13(15-21-14(16)18)12-6-3-7-22-12/h2-7H,8H2,1H3. The molecular weight excluding hydrogens is 306 g/mol. The number of aromatic nitrogens is 2. The van der Waals surface area contributed by atoms with Crippen molar-refractivity contribution in [1.29, 1.82) is 0 Å². The molecule has 8 heteroatoms.